The lowest BCUT2D eigenvalue weighted by Gasteiger charge is -2.09. The molecule has 1 aromatic heterocycles. The molecule has 1 aliphatic rings. The molecule has 3 rings (SSSR count). The van der Waals surface area contributed by atoms with Gasteiger partial charge in [0.1, 0.15) is 5.76 Å². The first-order chi connectivity index (χ1) is 10.5. The third-order valence-electron chi connectivity index (χ3n) is 3.50. The number of aliphatic hydroxyl groups excluding tert-OH is 1. The topological polar surface area (TPSA) is 55.1 Å². The van der Waals surface area contributed by atoms with E-state index in [4.69, 9.17) is 0 Å². The summed E-state index contributed by atoms with van der Waals surface area (Å²) in [6.07, 6.45) is 1.58. The Morgan fingerprint density at radius 3 is 2.64 bits per heavy atom. The van der Waals surface area contributed by atoms with Crippen molar-refractivity contribution in [3.8, 4) is 0 Å². The first kappa shape index (κ1) is 14.4. The molecule has 0 aliphatic heterocycles. The van der Waals surface area contributed by atoms with Crippen LogP contribution in [0, 0.1) is 18.6 Å². The van der Waals surface area contributed by atoms with E-state index in [-0.39, 0.29) is 17.9 Å². The summed E-state index contributed by atoms with van der Waals surface area (Å²) in [5.41, 5.74) is 1.57. The highest BCUT2D eigenvalue weighted by molar-refractivity contribution is 5.64. The van der Waals surface area contributed by atoms with Crippen LogP contribution < -0.4 is 5.56 Å². The number of aliphatic hydroxyl groups is 1. The van der Waals surface area contributed by atoms with Gasteiger partial charge in [-0.25, -0.2) is 13.5 Å². The third kappa shape index (κ3) is 2.77. The number of hydrogen-bond acceptors (Lipinski definition) is 3. The summed E-state index contributed by atoms with van der Waals surface area (Å²) in [4.78, 5) is 12.4. The van der Waals surface area contributed by atoms with Crippen LogP contribution in [0.15, 0.2) is 34.6 Å². The van der Waals surface area contributed by atoms with Crippen molar-refractivity contribution >= 4 is 5.76 Å². The van der Waals surface area contributed by atoms with Crippen LogP contribution in [0.5, 0.6) is 0 Å². The zero-order chi connectivity index (χ0) is 15.9. The van der Waals surface area contributed by atoms with E-state index in [9.17, 15) is 18.7 Å². The Kier molecular flexibility index (Phi) is 3.52. The number of nitrogens with zero attached hydrogens (tertiary/aromatic N) is 2. The maximum absolute atomic E-state index is 13.3. The van der Waals surface area contributed by atoms with E-state index >= 15 is 0 Å². The molecular formula is C16H14F2N2O2. The second-order valence-electron chi connectivity index (χ2n) is 5.36. The van der Waals surface area contributed by atoms with Crippen molar-refractivity contribution in [2.24, 2.45) is 0 Å². The summed E-state index contributed by atoms with van der Waals surface area (Å²) >= 11 is 0. The fourth-order valence-corrected chi connectivity index (χ4v) is 2.25. The second-order valence-corrected chi connectivity index (χ2v) is 5.36. The summed E-state index contributed by atoms with van der Waals surface area (Å²) in [7, 11) is 0. The van der Waals surface area contributed by atoms with Crippen molar-refractivity contribution in [3.63, 3.8) is 0 Å². The molecule has 1 saturated carbocycles. The standard InChI is InChI=1S/C16H14F2N2O2/c1-9-6-12(15(21)11-3-4-11)16(22)20(19-9)8-10-2-5-13(17)14(18)7-10/h2,5-7,21H,3-4,8H2,1H3. The highest BCUT2D eigenvalue weighted by atomic mass is 19.2. The zero-order valence-electron chi connectivity index (χ0n) is 11.9. The van der Waals surface area contributed by atoms with Gasteiger partial charge in [0.05, 0.1) is 17.8 Å². The number of hydrogen-bond donors (Lipinski definition) is 1. The molecule has 1 N–H and O–H groups in total. The summed E-state index contributed by atoms with van der Waals surface area (Å²) in [6, 6.07) is 4.97. The highest BCUT2D eigenvalue weighted by Crippen LogP contribution is 2.33. The van der Waals surface area contributed by atoms with Gasteiger partial charge in [-0.15, -0.1) is 0 Å². The van der Waals surface area contributed by atoms with Gasteiger partial charge in [0.25, 0.3) is 5.56 Å². The average Bonchev–Trinajstić information content (AvgIpc) is 3.30. The fraction of sp³-hybridized carbons (Fsp3) is 0.250. The molecule has 4 nitrogen and oxygen atoms in total. The predicted molar refractivity (Wildman–Crippen MR) is 77.5 cm³/mol. The van der Waals surface area contributed by atoms with E-state index in [0.717, 1.165) is 35.2 Å². The van der Waals surface area contributed by atoms with Gasteiger partial charge in [0.2, 0.25) is 0 Å². The molecule has 0 amide bonds. The highest BCUT2D eigenvalue weighted by Gasteiger charge is 2.21. The number of halogens is 2. The van der Waals surface area contributed by atoms with E-state index in [2.05, 4.69) is 5.10 Å². The molecule has 1 aromatic carbocycles. The molecule has 6 heteroatoms. The molecule has 22 heavy (non-hydrogen) atoms. The maximum atomic E-state index is 13.3. The second kappa shape index (κ2) is 5.36. The van der Waals surface area contributed by atoms with E-state index in [0.29, 0.717) is 11.3 Å². The van der Waals surface area contributed by atoms with Crippen LogP contribution in [0.4, 0.5) is 8.78 Å². The summed E-state index contributed by atoms with van der Waals surface area (Å²) in [6.45, 7) is 1.71. The van der Waals surface area contributed by atoms with E-state index in [1.807, 2.05) is 0 Å². The van der Waals surface area contributed by atoms with E-state index < -0.39 is 17.2 Å². The maximum Gasteiger partial charge on any atom is 0.278 e. The summed E-state index contributed by atoms with van der Waals surface area (Å²) in [5, 5.41) is 14.2. The molecule has 0 saturated heterocycles. The molecule has 1 aliphatic carbocycles. The molecular weight excluding hydrogens is 290 g/mol. The minimum atomic E-state index is -0.971. The van der Waals surface area contributed by atoms with Gasteiger partial charge in [0.15, 0.2) is 11.6 Å². The van der Waals surface area contributed by atoms with Crippen LogP contribution in [0.25, 0.3) is 5.76 Å². The van der Waals surface area contributed by atoms with Crippen molar-refractivity contribution in [1.29, 1.82) is 0 Å². The van der Waals surface area contributed by atoms with Crippen molar-refractivity contribution in [2.45, 2.75) is 26.3 Å². The monoisotopic (exact) mass is 304 g/mol. The van der Waals surface area contributed by atoms with Gasteiger partial charge in [-0.3, -0.25) is 4.79 Å². The lowest BCUT2D eigenvalue weighted by Crippen LogP contribution is -2.27. The average molecular weight is 304 g/mol. The Hall–Kier alpha value is -2.50. The molecule has 0 spiro atoms. The van der Waals surface area contributed by atoms with Crippen LogP contribution in [-0.2, 0) is 6.54 Å². The summed E-state index contributed by atoms with van der Waals surface area (Å²) in [5.74, 6) is -1.90. The van der Waals surface area contributed by atoms with Gasteiger partial charge in [-0.1, -0.05) is 6.07 Å². The smallest absolute Gasteiger partial charge is 0.278 e. The third-order valence-corrected chi connectivity index (χ3v) is 3.50. The Morgan fingerprint density at radius 1 is 1.27 bits per heavy atom. The number of benzene rings is 1. The van der Waals surface area contributed by atoms with Crippen molar-refractivity contribution in [3.05, 3.63) is 68.6 Å². The molecule has 114 valence electrons. The van der Waals surface area contributed by atoms with E-state index in [1.165, 1.54) is 12.1 Å². The van der Waals surface area contributed by atoms with Crippen molar-refractivity contribution < 1.29 is 13.9 Å². The molecule has 0 atom stereocenters. The minimum absolute atomic E-state index is 0.00727. The Morgan fingerprint density at radius 2 is 2.00 bits per heavy atom. The molecule has 0 unspecified atom stereocenters. The fourth-order valence-electron chi connectivity index (χ4n) is 2.25. The van der Waals surface area contributed by atoms with Crippen molar-refractivity contribution in [1.82, 2.24) is 9.78 Å². The van der Waals surface area contributed by atoms with Gasteiger partial charge < -0.3 is 5.11 Å². The number of aromatic nitrogens is 2. The van der Waals surface area contributed by atoms with Gasteiger partial charge in [-0.05, 0) is 49.1 Å². The summed E-state index contributed by atoms with van der Waals surface area (Å²) < 4.78 is 27.4. The van der Waals surface area contributed by atoms with Crippen LogP contribution in [0.1, 0.15) is 29.7 Å². The predicted octanol–water partition coefficient (Wildman–Crippen LogP) is 2.94. The normalized spacial score (nSPS) is 13.3. The molecule has 1 heterocycles. The number of aryl methyl sites for hydroxylation is 1. The first-order valence-corrected chi connectivity index (χ1v) is 6.90. The van der Waals surface area contributed by atoms with Gasteiger partial charge in [0, 0.05) is 0 Å². The van der Waals surface area contributed by atoms with Gasteiger partial charge in [-0.2, -0.15) is 5.10 Å². The first-order valence-electron chi connectivity index (χ1n) is 6.90. The minimum Gasteiger partial charge on any atom is -0.507 e. The number of allylic oxidation sites excluding steroid dienone is 1. The zero-order valence-corrected chi connectivity index (χ0v) is 11.9. The van der Waals surface area contributed by atoms with Crippen molar-refractivity contribution in [2.75, 3.05) is 0 Å². The lowest BCUT2D eigenvalue weighted by atomic mass is 10.2. The number of rotatable bonds is 3. The largest absolute Gasteiger partial charge is 0.507 e. The Bertz CT molecular complexity index is 835. The molecule has 0 bridgehead atoms. The van der Waals surface area contributed by atoms with Gasteiger partial charge >= 0.3 is 0 Å². The van der Waals surface area contributed by atoms with Crippen LogP contribution in [-0.4, -0.2) is 14.9 Å². The SMILES string of the molecule is Cc1cc(C(O)=C2CC2)c(=O)n(Cc2ccc(F)c(F)c2)n1. The van der Waals surface area contributed by atoms with Crippen LogP contribution in [0.2, 0.25) is 0 Å². The Labute approximate surface area is 125 Å². The molecule has 2 aromatic rings. The Balaban J connectivity index is 2.02. The lowest BCUT2D eigenvalue weighted by molar-refractivity contribution is 0.501. The quantitative estimate of drug-likeness (QED) is 0.887. The van der Waals surface area contributed by atoms with Crippen LogP contribution >= 0.6 is 0 Å². The molecule has 0 radical (unpaired) electrons. The van der Waals surface area contributed by atoms with E-state index in [1.54, 1.807) is 6.92 Å². The van der Waals surface area contributed by atoms with Crippen LogP contribution in [0.3, 0.4) is 0 Å². The molecule has 1 fully saturated rings.